The first-order valence-corrected chi connectivity index (χ1v) is 11.3. The number of anilines is 1. The Bertz CT molecular complexity index is 1030. The Labute approximate surface area is 186 Å². The minimum Gasteiger partial charge on any atom is -0.445 e. The third kappa shape index (κ3) is 5.64. The number of thiophene rings is 1. The predicted molar refractivity (Wildman–Crippen MR) is 126 cm³/mol. The molecule has 0 fully saturated rings. The van der Waals surface area contributed by atoms with Crippen LogP contribution < -0.4 is 16.0 Å². The lowest BCUT2D eigenvalue weighted by atomic mass is 10.0. The fraction of sp³-hybridized carbons (Fsp3) is 0.250. The Hall–Kier alpha value is -3.32. The molecule has 160 valence electrons. The normalized spacial score (nSPS) is 13.5. The number of ether oxygens (including phenoxy) is 1. The van der Waals surface area contributed by atoms with Gasteiger partial charge in [0.1, 0.15) is 12.4 Å². The smallest absolute Gasteiger partial charge is 0.407 e. The van der Waals surface area contributed by atoms with E-state index in [9.17, 15) is 4.79 Å². The molecule has 2 aromatic carbocycles. The first-order valence-electron chi connectivity index (χ1n) is 10.4. The summed E-state index contributed by atoms with van der Waals surface area (Å²) in [7, 11) is 0. The number of carbonyl (C=O) groups is 1. The summed E-state index contributed by atoms with van der Waals surface area (Å²) in [4.78, 5) is 19.9. The maximum atomic E-state index is 12.0. The maximum Gasteiger partial charge on any atom is 0.407 e. The van der Waals surface area contributed by atoms with Crippen LogP contribution in [0.25, 0.3) is 0 Å². The van der Waals surface area contributed by atoms with Gasteiger partial charge in [0.25, 0.3) is 0 Å². The number of rotatable bonds is 7. The summed E-state index contributed by atoms with van der Waals surface area (Å²) < 4.78 is 5.29. The molecule has 2 heterocycles. The second kappa shape index (κ2) is 10.1. The largest absolute Gasteiger partial charge is 0.445 e. The highest BCUT2D eigenvalue weighted by Gasteiger charge is 2.17. The zero-order valence-electron chi connectivity index (χ0n) is 17.3. The fourth-order valence-corrected chi connectivity index (χ4v) is 4.25. The summed E-state index contributed by atoms with van der Waals surface area (Å²) in [5, 5.41) is 4.84. The molecule has 1 amide bonds. The fourth-order valence-electron chi connectivity index (χ4n) is 3.63. The van der Waals surface area contributed by atoms with Crippen molar-refractivity contribution in [3.05, 3.63) is 82.0 Å². The van der Waals surface area contributed by atoms with Gasteiger partial charge < -0.3 is 20.7 Å². The molecule has 1 aliphatic rings. The third-order valence-corrected chi connectivity index (χ3v) is 6.06. The van der Waals surface area contributed by atoms with E-state index in [-0.39, 0.29) is 6.61 Å². The summed E-state index contributed by atoms with van der Waals surface area (Å²) in [6.45, 7) is 2.44. The monoisotopic (exact) mass is 434 g/mol. The quantitative estimate of drug-likeness (QED) is 0.425. The van der Waals surface area contributed by atoms with Crippen LogP contribution in [0.4, 0.5) is 16.2 Å². The number of hydrogen-bond donors (Lipinski definition) is 2. The number of benzene rings is 2. The highest BCUT2D eigenvalue weighted by atomic mass is 32.1. The summed E-state index contributed by atoms with van der Waals surface area (Å²) >= 11 is 1.58. The second-order valence-electron chi connectivity index (χ2n) is 7.37. The summed E-state index contributed by atoms with van der Waals surface area (Å²) in [5.74, 6) is 0.528. The van der Waals surface area contributed by atoms with Gasteiger partial charge in [-0.2, -0.15) is 0 Å². The molecule has 0 spiro atoms. The van der Waals surface area contributed by atoms with Crippen LogP contribution in [-0.4, -0.2) is 31.6 Å². The van der Waals surface area contributed by atoms with Crippen molar-refractivity contribution in [1.29, 1.82) is 0 Å². The van der Waals surface area contributed by atoms with Crippen LogP contribution >= 0.6 is 11.3 Å². The molecule has 0 aliphatic carbocycles. The standard InChI is InChI=1S/C24H26N4O2S/c25-23(22-9-5-15-31-22)27-20-11-10-19-8-4-13-28(21(19)16-20)14-12-26-24(29)30-17-18-6-2-1-3-7-18/h1-3,5-7,9-11,15-16H,4,8,12-14,17H2,(H2,25,27)(H,26,29). The number of hydrogen-bond acceptors (Lipinski definition) is 5. The van der Waals surface area contributed by atoms with Crippen molar-refractivity contribution in [1.82, 2.24) is 5.32 Å². The van der Waals surface area contributed by atoms with Gasteiger partial charge >= 0.3 is 6.09 Å². The van der Waals surface area contributed by atoms with Gasteiger partial charge in [-0.25, -0.2) is 9.79 Å². The lowest BCUT2D eigenvalue weighted by Crippen LogP contribution is -2.37. The third-order valence-electron chi connectivity index (χ3n) is 5.17. The number of amidine groups is 1. The van der Waals surface area contributed by atoms with Crippen LogP contribution in [0.5, 0.6) is 0 Å². The van der Waals surface area contributed by atoms with Crippen LogP contribution in [0.2, 0.25) is 0 Å². The van der Waals surface area contributed by atoms with Gasteiger partial charge in [-0.3, -0.25) is 0 Å². The van der Waals surface area contributed by atoms with E-state index in [0.717, 1.165) is 41.2 Å². The molecule has 6 nitrogen and oxygen atoms in total. The molecule has 7 heteroatoms. The lowest BCUT2D eigenvalue weighted by molar-refractivity contribution is 0.140. The number of aliphatic imine (C=N–C) groups is 1. The molecule has 3 aromatic rings. The summed E-state index contributed by atoms with van der Waals surface area (Å²) in [5.41, 5.74) is 10.4. The van der Waals surface area contributed by atoms with Gasteiger partial charge in [0, 0.05) is 25.3 Å². The van der Waals surface area contributed by atoms with Crippen molar-refractivity contribution < 1.29 is 9.53 Å². The molecule has 0 bridgehead atoms. The number of aryl methyl sites for hydroxylation is 1. The highest BCUT2D eigenvalue weighted by molar-refractivity contribution is 7.12. The van der Waals surface area contributed by atoms with Crippen molar-refractivity contribution >= 4 is 34.6 Å². The molecule has 0 unspecified atom stereocenters. The molecule has 3 N–H and O–H groups in total. The first kappa shape index (κ1) is 20.9. The van der Waals surface area contributed by atoms with Gasteiger partial charge in [0.15, 0.2) is 0 Å². The number of nitrogens with two attached hydrogens (primary N) is 1. The van der Waals surface area contributed by atoms with E-state index >= 15 is 0 Å². The van der Waals surface area contributed by atoms with E-state index in [0.29, 0.717) is 18.9 Å². The Morgan fingerprint density at radius 2 is 2.03 bits per heavy atom. The van der Waals surface area contributed by atoms with Crippen LogP contribution in [0, 0.1) is 0 Å². The molecule has 4 rings (SSSR count). The number of nitrogens with one attached hydrogen (secondary N) is 1. The minimum atomic E-state index is -0.400. The molecule has 0 atom stereocenters. The number of nitrogens with zero attached hydrogens (tertiary/aromatic N) is 2. The minimum absolute atomic E-state index is 0.270. The van der Waals surface area contributed by atoms with Crippen molar-refractivity contribution in [3.63, 3.8) is 0 Å². The van der Waals surface area contributed by atoms with Crippen molar-refractivity contribution in [2.75, 3.05) is 24.5 Å². The molecular formula is C24H26N4O2S. The van der Waals surface area contributed by atoms with E-state index in [4.69, 9.17) is 10.5 Å². The SMILES string of the molecule is NC(=Nc1ccc2c(c1)N(CCNC(=O)OCc1ccccc1)CCC2)c1cccs1. The van der Waals surface area contributed by atoms with Crippen LogP contribution in [0.15, 0.2) is 71.0 Å². The molecule has 0 saturated heterocycles. The molecule has 0 radical (unpaired) electrons. The average Bonchev–Trinajstić information content (AvgIpc) is 3.34. The number of amides is 1. The molecule has 1 aromatic heterocycles. The first-order chi connectivity index (χ1) is 15.2. The van der Waals surface area contributed by atoms with E-state index in [2.05, 4.69) is 27.3 Å². The van der Waals surface area contributed by atoms with Crippen molar-refractivity contribution in [2.45, 2.75) is 19.4 Å². The van der Waals surface area contributed by atoms with E-state index in [1.807, 2.05) is 53.9 Å². The van der Waals surface area contributed by atoms with Gasteiger partial charge in [-0.05, 0) is 47.5 Å². The molecule has 0 saturated carbocycles. The Morgan fingerprint density at radius 3 is 2.84 bits per heavy atom. The Morgan fingerprint density at radius 1 is 1.16 bits per heavy atom. The van der Waals surface area contributed by atoms with Gasteiger partial charge in [0.05, 0.1) is 10.6 Å². The van der Waals surface area contributed by atoms with Crippen molar-refractivity contribution in [3.8, 4) is 0 Å². The second-order valence-corrected chi connectivity index (χ2v) is 8.31. The van der Waals surface area contributed by atoms with E-state index in [1.54, 1.807) is 11.3 Å². The van der Waals surface area contributed by atoms with Gasteiger partial charge in [-0.15, -0.1) is 11.3 Å². The summed E-state index contributed by atoms with van der Waals surface area (Å²) in [6, 6.07) is 19.8. The molecule has 1 aliphatic heterocycles. The lowest BCUT2D eigenvalue weighted by Gasteiger charge is -2.31. The van der Waals surface area contributed by atoms with E-state index < -0.39 is 6.09 Å². The predicted octanol–water partition coefficient (Wildman–Crippen LogP) is 4.46. The van der Waals surface area contributed by atoms with Gasteiger partial charge in [0.2, 0.25) is 0 Å². The number of carbonyl (C=O) groups excluding carboxylic acids is 1. The zero-order chi connectivity index (χ0) is 21.5. The van der Waals surface area contributed by atoms with Crippen molar-refractivity contribution in [2.24, 2.45) is 10.7 Å². The highest BCUT2D eigenvalue weighted by Crippen LogP contribution is 2.31. The number of alkyl carbamates (subject to hydrolysis) is 1. The Kier molecular flexibility index (Phi) is 6.84. The Balaban J connectivity index is 1.34. The zero-order valence-corrected chi connectivity index (χ0v) is 18.1. The summed E-state index contributed by atoms with van der Waals surface area (Å²) in [6.07, 6.45) is 1.73. The topological polar surface area (TPSA) is 80.0 Å². The van der Waals surface area contributed by atoms with Gasteiger partial charge in [-0.1, -0.05) is 42.5 Å². The molecular weight excluding hydrogens is 408 g/mol. The number of fused-ring (bicyclic) bond motifs is 1. The van der Waals surface area contributed by atoms with Crippen LogP contribution in [-0.2, 0) is 17.8 Å². The average molecular weight is 435 g/mol. The van der Waals surface area contributed by atoms with Crippen LogP contribution in [0.1, 0.15) is 22.4 Å². The van der Waals surface area contributed by atoms with Crippen LogP contribution in [0.3, 0.4) is 0 Å². The maximum absolute atomic E-state index is 12.0. The molecule has 31 heavy (non-hydrogen) atoms. The van der Waals surface area contributed by atoms with E-state index in [1.165, 1.54) is 5.56 Å².